The third-order valence-corrected chi connectivity index (χ3v) is 10.0. The van der Waals surface area contributed by atoms with E-state index in [-0.39, 0.29) is 5.92 Å². The van der Waals surface area contributed by atoms with Gasteiger partial charge in [-0.25, -0.2) is 0 Å². The molecule has 0 rings (SSSR count). The molecule has 0 aliphatic rings. The van der Waals surface area contributed by atoms with E-state index in [1.165, 1.54) is 141 Å². The molecule has 4 nitrogen and oxygen atoms in total. The number of carboxylic acid groups (broad SMARTS) is 2. The number of carboxylic acids is 2. The second-order valence-electron chi connectivity index (χ2n) is 14.2. The average molecular weight is 623 g/mol. The van der Waals surface area contributed by atoms with Gasteiger partial charge in [0.05, 0.1) is 11.8 Å². The fourth-order valence-corrected chi connectivity index (χ4v) is 7.02. The summed E-state index contributed by atoms with van der Waals surface area (Å²) in [6.45, 7) is 6.75. The molecule has 4 heteroatoms. The van der Waals surface area contributed by atoms with Gasteiger partial charge in [0.1, 0.15) is 0 Å². The first-order chi connectivity index (χ1) is 21.5. The first kappa shape index (κ1) is 42.9. The van der Waals surface area contributed by atoms with E-state index >= 15 is 0 Å². The summed E-state index contributed by atoms with van der Waals surface area (Å²) < 4.78 is 0. The highest BCUT2D eigenvalue weighted by molar-refractivity contribution is 5.71. The minimum atomic E-state index is -0.719. The van der Waals surface area contributed by atoms with E-state index < -0.39 is 23.8 Å². The maximum Gasteiger partial charge on any atom is 0.306 e. The molecule has 0 aromatic rings. The first-order valence-electron chi connectivity index (χ1n) is 19.9. The lowest BCUT2D eigenvalue weighted by Gasteiger charge is -2.27. The van der Waals surface area contributed by atoms with Crippen LogP contribution in [0.25, 0.3) is 0 Å². The number of carbonyl (C=O) groups is 2. The van der Waals surface area contributed by atoms with E-state index in [0.29, 0.717) is 19.3 Å². The molecule has 0 saturated heterocycles. The fourth-order valence-electron chi connectivity index (χ4n) is 7.02. The standard InChI is InChI=1S/C40H78O4/c1-4-7-10-13-16-19-20-21-22-24-26-29-32-36(38(40(43)44)34-31-28-25-18-15-12-9-6-3)35-37(39(41)42)33-30-27-23-17-14-11-8-5-2/h36-38H,4-35H2,1-3H3,(H,41,42)(H,43,44). The summed E-state index contributed by atoms with van der Waals surface area (Å²) in [7, 11) is 0. The topological polar surface area (TPSA) is 74.6 Å². The maximum absolute atomic E-state index is 12.5. The second kappa shape index (κ2) is 33.3. The summed E-state index contributed by atoms with van der Waals surface area (Å²) in [6, 6.07) is 0. The van der Waals surface area contributed by atoms with Crippen LogP contribution in [0.15, 0.2) is 0 Å². The Labute approximate surface area is 275 Å². The predicted octanol–water partition coefficient (Wildman–Crippen LogP) is 13.5. The molecule has 0 heterocycles. The summed E-state index contributed by atoms with van der Waals surface area (Å²) in [5.74, 6) is -2.24. The van der Waals surface area contributed by atoms with Crippen molar-refractivity contribution in [3.8, 4) is 0 Å². The van der Waals surface area contributed by atoms with Crippen LogP contribution in [0.5, 0.6) is 0 Å². The first-order valence-corrected chi connectivity index (χ1v) is 19.9. The Morgan fingerprint density at radius 2 is 0.682 bits per heavy atom. The van der Waals surface area contributed by atoms with Gasteiger partial charge in [0, 0.05) is 0 Å². The van der Waals surface area contributed by atoms with Gasteiger partial charge >= 0.3 is 11.9 Å². The Balaban J connectivity index is 4.78. The number of rotatable bonds is 36. The molecular formula is C40H78O4. The number of hydrogen-bond donors (Lipinski definition) is 2. The van der Waals surface area contributed by atoms with E-state index in [1.807, 2.05) is 0 Å². The van der Waals surface area contributed by atoms with E-state index in [1.54, 1.807) is 0 Å². The molecule has 0 aliphatic carbocycles. The van der Waals surface area contributed by atoms with Gasteiger partial charge in [0.25, 0.3) is 0 Å². The summed E-state index contributed by atoms with van der Waals surface area (Å²) in [6.07, 6.45) is 37.6. The van der Waals surface area contributed by atoms with E-state index in [4.69, 9.17) is 0 Å². The lowest BCUT2D eigenvalue weighted by atomic mass is 9.77. The molecule has 0 aromatic heterocycles. The zero-order valence-electron chi connectivity index (χ0n) is 30.1. The van der Waals surface area contributed by atoms with Crippen LogP contribution in [-0.4, -0.2) is 22.2 Å². The van der Waals surface area contributed by atoms with Crippen molar-refractivity contribution < 1.29 is 19.8 Å². The van der Waals surface area contributed by atoms with Crippen LogP contribution in [-0.2, 0) is 9.59 Å². The second-order valence-corrected chi connectivity index (χ2v) is 14.2. The van der Waals surface area contributed by atoms with Gasteiger partial charge in [-0.1, -0.05) is 201 Å². The molecule has 262 valence electrons. The highest BCUT2D eigenvalue weighted by atomic mass is 16.4. The summed E-state index contributed by atoms with van der Waals surface area (Å²) in [5, 5.41) is 20.4. The molecular weight excluding hydrogens is 544 g/mol. The van der Waals surface area contributed by atoms with Crippen LogP contribution in [0.3, 0.4) is 0 Å². The molecule has 0 amide bonds. The molecule has 0 aliphatic heterocycles. The summed E-state index contributed by atoms with van der Waals surface area (Å²) >= 11 is 0. The molecule has 0 radical (unpaired) electrons. The zero-order chi connectivity index (χ0) is 32.5. The average Bonchev–Trinajstić information content (AvgIpc) is 3.00. The Kier molecular flexibility index (Phi) is 32.5. The fraction of sp³-hybridized carbons (Fsp3) is 0.950. The normalized spacial score (nSPS) is 13.6. The van der Waals surface area contributed by atoms with E-state index in [9.17, 15) is 19.8 Å². The molecule has 0 bridgehead atoms. The van der Waals surface area contributed by atoms with Gasteiger partial charge in [-0.3, -0.25) is 9.59 Å². The van der Waals surface area contributed by atoms with Crippen LogP contribution in [0.2, 0.25) is 0 Å². The lowest BCUT2D eigenvalue weighted by molar-refractivity contribution is -0.147. The highest BCUT2D eigenvalue weighted by Crippen LogP contribution is 2.33. The van der Waals surface area contributed by atoms with Crippen LogP contribution in [0.1, 0.15) is 226 Å². The van der Waals surface area contributed by atoms with Gasteiger partial charge in [-0.05, 0) is 31.6 Å². The van der Waals surface area contributed by atoms with Crippen molar-refractivity contribution >= 4 is 11.9 Å². The Morgan fingerprint density at radius 3 is 1.00 bits per heavy atom. The monoisotopic (exact) mass is 623 g/mol. The largest absolute Gasteiger partial charge is 0.481 e. The van der Waals surface area contributed by atoms with Gasteiger partial charge in [-0.15, -0.1) is 0 Å². The minimum absolute atomic E-state index is 0.0182. The van der Waals surface area contributed by atoms with Crippen LogP contribution in [0, 0.1) is 17.8 Å². The Bertz CT molecular complexity index is 618. The van der Waals surface area contributed by atoms with Gasteiger partial charge in [0.2, 0.25) is 0 Å². The Morgan fingerprint density at radius 1 is 0.386 bits per heavy atom. The number of aliphatic carboxylic acids is 2. The molecule has 0 saturated carbocycles. The van der Waals surface area contributed by atoms with Crippen molar-refractivity contribution in [3.05, 3.63) is 0 Å². The van der Waals surface area contributed by atoms with Crippen molar-refractivity contribution in [1.29, 1.82) is 0 Å². The van der Waals surface area contributed by atoms with Crippen molar-refractivity contribution in [2.45, 2.75) is 226 Å². The van der Waals surface area contributed by atoms with Crippen LogP contribution >= 0.6 is 0 Å². The van der Waals surface area contributed by atoms with Gasteiger partial charge < -0.3 is 10.2 Å². The SMILES string of the molecule is CCCCCCCCCCCCCCC(CC(CCCCCCCCCC)C(=O)O)C(CCCCCCCCCC)C(=O)O. The van der Waals surface area contributed by atoms with E-state index in [0.717, 1.165) is 44.9 Å². The zero-order valence-corrected chi connectivity index (χ0v) is 30.1. The van der Waals surface area contributed by atoms with Crippen molar-refractivity contribution in [2.75, 3.05) is 0 Å². The molecule has 3 unspecified atom stereocenters. The number of unbranched alkanes of at least 4 members (excludes halogenated alkanes) is 25. The minimum Gasteiger partial charge on any atom is -0.481 e. The highest BCUT2D eigenvalue weighted by Gasteiger charge is 2.31. The van der Waals surface area contributed by atoms with Crippen LogP contribution in [0.4, 0.5) is 0 Å². The summed E-state index contributed by atoms with van der Waals surface area (Å²) in [4.78, 5) is 24.8. The van der Waals surface area contributed by atoms with Crippen molar-refractivity contribution in [3.63, 3.8) is 0 Å². The van der Waals surface area contributed by atoms with Crippen LogP contribution < -0.4 is 0 Å². The lowest BCUT2D eigenvalue weighted by Crippen LogP contribution is -2.28. The summed E-state index contributed by atoms with van der Waals surface area (Å²) in [5.41, 5.74) is 0. The third kappa shape index (κ3) is 27.3. The molecule has 0 aromatic carbocycles. The van der Waals surface area contributed by atoms with Gasteiger partial charge in [-0.2, -0.15) is 0 Å². The maximum atomic E-state index is 12.5. The predicted molar refractivity (Wildman–Crippen MR) is 191 cm³/mol. The van der Waals surface area contributed by atoms with Gasteiger partial charge in [0.15, 0.2) is 0 Å². The molecule has 3 atom stereocenters. The molecule has 44 heavy (non-hydrogen) atoms. The van der Waals surface area contributed by atoms with E-state index in [2.05, 4.69) is 20.8 Å². The van der Waals surface area contributed by atoms with Crippen molar-refractivity contribution in [2.24, 2.45) is 17.8 Å². The molecule has 0 spiro atoms. The Hall–Kier alpha value is -1.06. The third-order valence-electron chi connectivity index (χ3n) is 10.0. The molecule has 0 fully saturated rings. The quantitative estimate of drug-likeness (QED) is 0.0682. The smallest absolute Gasteiger partial charge is 0.306 e. The van der Waals surface area contributed by atoms with Crippen molar-refractivity contribution in [1.82, 2.24) is 0 Å². The molecule has 2 N–H and O–H groups in total. The number of hydrogen-bond acceptors (Lipinski definition) is 2.